The first kappa shape index (κ1) is 29.7. The van der Waals surface area contributed by atoms with Crippen LogP contribution >= 0.6 is 0 Å². The molecule has 2 unspecified atom stereocenters. The minimum Gasteiger partial charge on any atom is -0.508 e. The van der Waals surface area contributed by atoms with Crippen molar-refractivity contribution in [3.05, 3.63) is 65.7 Å². The van der Waals surface area contributed by atoms with Gasteiger partial charge >= 0.3 is 6.09 Å². The molecule has 0 aromatic heterocycles. The van der Waals surface area contributed by atoms with Crippen LogP contribution in [0.4, 0.5) is 4.79 Å². The van der Waals surface area contributed by atoms with E-state index in [9.17, 15) is 19.5 Å². The number of ether oxygens (including phenoxy) is 1. The Labute approximate surface area is 220 Å². The monoisotopic (exact) mass is 511 g/mol. The number of benzene rings is 2. The second kappa shape index (κ2) is 12.1. The maximum absolute atomic E-state index is 14.2. The first-order valence-corrected chi connectivity index (χ1v) is 12.5. The van der Waals surface area contributed by atoms with Gasteiger partial charge in [-0.05, 0) is 78.6 Å². The zero-order chi connectivity index (χ0) is 28.0. The van der Waals surface area contributed by atoms with E-state index in [1.54, 1.807) is 32.9 Å². The van der Waals surface area contributed by atoms with E-state index >= 15 is 0 Å². The molecular formula is C29H41N3O5. The fourth-order valence-corrected chi connectivity index (χ4v) is 3.93. The van der Waals surface area contributed by atoms with E-state index in [-0.39, 0.29) is 12.2 Å². The van der Waals surface area contributed by atoms with Gasteiger partial charge in [0, 0.05) is 18.0 Å². The van der Waals surface area contributed by atoms with Gasteiger partial charge in [0.1, 0.15) is 23.4 Å². The summed E-state index contributed by atoms with van der Waals surface area (Å²) in [5.41, 5.74) is -0.0113. The molecule has 2 aromatic carbocycles. The molecule has 0 saturated carbocycles. The van der Waals surface area contributed by atoms with E-state index in [2.05, 4.69) is 10.6 Å². The number of hydrogen-bond donors (Lipinski definition) is 3. The smallest absolute Gasteiger partial charge is 0.408 e. The van der Waals surface area contributed by atoms with Gasteiger partial charge in [-0.1, -0.05) is 42.5 Å². The van der Waals surface area contributed by atoms with Crippen molar-refractivity contribution in [2.75, 3.05) is 0 Å². The van der Waals surface area contributed by atoms with Crippen molar-refractivity contribution >= 4 is 17.9 Å². The number of aromatic hydroxyl groups is 1. The van der Waals surface area contributed by atoms with Crippen molar-refractivity contribution in [1.82, 2.24) is 15.5 Å². The van der Waals surface area contributed by atoms with E-state index in [0.29, 0.717) is 5.56 Å². The number of carbonyl (C=O) groups excluding carboxylic acids is 3. The van der Waals surface area contributed by atoms with Crippen molar-refractivity contribution in [3.63, 3.8) is 0 Å². The average Bonchev–Trinajstić information content (AvgIpc) is 2.74. The van der Waals surface area contributed by atoms with Gasteiger partial charge in [0.05, 0.1) is 0 Å². The third-order valence-corrected chi connectivity index (χ3v) is 5.29. The molecule has 2 aromatic rings. The summed E-state index contributed by atoms with van der Waals surface area (Å²) in [7, 11) is 0. The highest BCUT2D eigenvalue weighted by Crippen LogP contribution is 2.28. The number of rotatable bonds is 8. The van der Waals surface area contributed by atoms with Gasteiger partial charge in [-0.3, -0.25) is 9.59 Å². The molecule has 2 atom stereocenters. The normalized spacial score (nSPS) is 13.4. The summed E-state index contributed by atoms with van der Waals surface area (Å²) in [6, 6.07) is 13.2. The van der Waals surface area contributed by atoms with Crippen LogP contribution in [0.25, 0.3) is 0 Å². The quantitative estimate of drug-likeness (QED) is 0.475. The number of nitrogens with zero attached hydrogens (tertiary/aromatic N) is 1. The largest absolute Gasteiger partial charge is 0.508 e. The van der Waals surface area contributed by atoms with Crippen molar-refractivity contribution in [2.24, 2.45) is 0 Å². The van der Waals surface area contributed by atoms with Crippen LogP contribution in [-0.4, -0.2) is 51.1 Å². The molecule has 0 aliphatic carbocycles. The van der Waals surface area contributed by atoms with E-state index in [4.69, 9.17) is 4.74 Å². The number of alkyl carbamates (subject to hydrolysis) is 1. The van der Waals surface area contributed by atoms with Crippen LogP contribution in [0.15, 0.2) is 54.6 Å². The van der Waals surface area contributed by atoms with E-state index < -0.39 is 47.2 Å². The Morgan fingerprint density at radius 2 is 1.57 bits per heavy atom. The molecule has 8 heteroatoms. The molecule has 0 heterocycles. The van der Waals surface area contributed by atoms with Crippen LogP contribution in [0.3, 0.4) is 0 Å². The molecule has 8 nitrogen and oxygen atoms in total. The molecule has 0 spiro atoms. The SMILES string of the molecule is CC(C)N(C(=O)C(Cc1ccccc1)NC(=O)OC(C)(C)C)C(C(=O)NC(C)(C)C)c1cccc(O)c1. The van der Waals surface area contributed by atoms with Gasteiger partial charge in [-0.2, -0.15) is 0 Å². The van der Waals surface area contributed by atoms with Gasteiger partial charge in [-0.25, -0.2) is 4.79 Å². The predicted octanol–water partition coefficient (Wildman–Crippen LogP) is 4.72. The number of amides is 3. The highest BCUT2D eigenvalue weighted by Gasteiger charge is 2.38. The minimum atomic E-state index is -1.04. The third kappa shape index (κ3) is 9.44. The summed E-state index contributed by atoms with van der Waals surface area (Å²) in [5, 5.41) is 15.8. The summed E-state index contributed by atoms with van der Waals surface area (Å²) in [6.45, 7) is 14.4. The van der Waals surface area contributed by atoms with Crippen molar-refractivity contribution in [1.29, 1.82) is 0 Å². The van der Waals surface area contributed by atoms with Crippen LogP contribution in [0.5, 0.6) is 5.75 Å². The summed E-state index contributed by atoms with van der Waals surface area (Å²) < 4.78 is 5.44. The number of phenols is 1. The lowest BCUT2D eigenvalue weighted by molar-refractivity contribution is -0.145. The first-order valence-electron chi connectivity index (χ1n) is 12.5. The Bertz CT molecular complexity index is 1070. The number of phenolic OH excluding ortho intramolecular Hbond substituents is 1. The number of carbonyl (C=O) groups is 3. The lowest BCUT2D eigenvalue weighted by Crippen LogP contribution is -2.57. The average molecular weight is 512 g/mol. The van der Waals surface area contributed by atoms with Gasteiger partial charge in [0.15, 0.2) is 0 Å². The summed E-state index contributed by atoms with van der Waals surface area (Å²) in [5.74, 6) is -0.854. The standard InChI is InChI=1S/C29H41N3O5/c1-19(2)32(24(25(34)31-28(3,4)5)21-15-12-16-22(33)18-21)26(35)23(17-20-13-10-9-11-14-20)30-27(36)37-29(6,7)8/h9-16,18-19,23-24,33H,17H2,1-8H3,(H,30,36)(H,31,34). The van der Waals surface area contributed by atoms with Crippen molar-refractivity contribution in [3.8, 4) is 5.75 Å². The topological polar surface area (TPSA) is 108 Å². The maximum atomic E-state index is 14.2. The molecule has 3 amide bonds. The number of hydrogen-bond acceptors (Lipinski definition) is 5. The van der Waals surface area contributed by atoms with Gasteiger partial charge in [0.2, 0.25) is 11.8 Å². The first-order chi connectivity index (χ1) is 17.1. The van der Waals surface area contributed by atoms with Crippen LogP contribution in [-0.2, 0) is 20.7 Å². The Balaban J connectivity index is 2.55. The zero-order valence-electron chi connectivity index (χ0n) is 23.2. The van der Waals surface area contributed by atoms with Gasteiger partial charge < -0.3 is 25.4 Å². The summed E-state index contributed by atoms with van der Waals surface area (Å²) in [6.07, 6.45) is -0.519. The summed E-state index contributed by atoms with van der Waals surface area (Å²) in [4.78, 5) is 42.0. The molecule has 0 aliphatic heterocycles. The number of nitrogens with one attached hydrogen (secondary N) is 2. The van der Waals surface area contributed by atoms with Crippen LogP contribution in [0, 0.1) is 0 Å². The molecule has 0 radical (unpaired) electrons. The van der Waals surface area contributed by atoms with Crippen LogP contribution in [0.1, 0.15) is 72.6 Å². The zero-order valence-corrected chi connectivity index (χ0v) is 23.2. The molecule has 0 fully saturated rings. The molecule has 202 valence electrons. The highest BCUT2D eigenvalue weighted by atomic mass is 16.6. The Morgan fingerprint density at radius 3 is 2.08 bits per heavy atom. The van der Waals surface area contributed by atoms with Gasteiger partial charge in [0.25, 0.3) is 0 Å². The van der Waals surface area contributed by atoms with Crippen molar-refractivity contribution in [2.45, 2.75) is 91.1 Å². The molecular weight excluding hydrogens is 470 g/mol. The fraction of sp³-hybridized carbons (Fsp3) is 0.483. The summed E-state index contributed by atoms with van der Waals surface area (Å²) >= 11 is 0. The Kier molecular flexibility index (Phi) is 9.73. The second-order valence-corrected chi connectivity index (χ2v) is 11.5. The minimum absolute atomic E-state index is 0.0186. The Morgan fingerprint density at radius 1 is 0.946 bits per heavy atom. The van der Waals surface area contributed by atoms with E-state index in [0.717, 1.165) is 5.56 Å². The second-order valence-electron chi connectivity index (χ2n) is 11.5. The highest BCUT2D eigenvalue weighted by molar-refractivity contribution is 5.92. The molecule has 0 saturated heterocycles. The third-order valence-electron chi connectivity index (χ3n) is 5.29. The van der Waals surface area contributed by atoms with E-state index in [1.807, 2.05) is 65.0 Å². The molecule has 0 aliphatic rings. The predicted molar refractivity (Wildman–Crippen MR) is 144 cm³/mol. The molecule has 0 bridgehead atoms. The van der Waals surface area contributed by atoms with Crippen LogP contribution in [0.2, 0.25) is 0 Å². The molecule has 3 N–H and O–H groups in total. The van der Waals surface area contributed by atoms with E-state index in [1.165, 1.54) is 17.0 Å². The fourth-order valence-electron chi connectivity index (χ4n) is 3.93. The van der Waals surface area contributed by atoms with Crippen LogP contribution < -0.4 is 10.6 Å². The van der Waals surface area contributed by atoms with Gasteiger partial charge in [-0.15, -0.1) is 0 Å². The Hall–Kier alpha value is -3.55. The maximum Gasteiger partial charge on any atom is 0.408 e. The molecule has 37 heavy (non-hydrogen) atoms. The lowest BCUT2D eigenvalue weighted by atomic mass is 9.97. The molecule has 2 rings (SSSR count). The van der Waals surface area contributed by atoms with Crippen molar-refractivity contribution < 1.29 is 24.2 Å². The lowest BCUT2D eigenvalue weighted by Gasteiger charge is -2.38.